The molecule has 2 saturated heterocycles. The minimum absolute atomic E-state index is 0.0368. The van der Waals surface area contributed by atoms with E-state index >= 15 is 0 Å². The quantitative estimate of drug-likeness (QED) is 0.780. The molecule has 0 bridgehead atoms. The molecule has 28 heavy (non-hydrogen) atoms. The number of nitrogens with zero attached hydrogens (tertiary/aromatic N) is 4. The first-order valence-corrected chi connectivity index (χ1v) is 11.4. The maximum absolute atomic E-state index is 12.6. The molecule has 0 saturated carbocycles. The highest BCUT2D eigenvalue weighted by molar-refractivity contribution is 7.88. The van der Waals surface area contributed by atoms with E-state index in [4.69, 9.17) is 4.74 Å². The van der Waals surface area contributed by atoms with Gasteiger partial charge in [-0.05, 0) is 37.3 Å². The second kappa shape index (κ2) is 7.76. The zero-order valence-corrected chi connectivity index (χ0v) is 16.7. The van der Waals surface area contributed by atoms with Crippen LogP contribution in [0.2, 0.25) is 0 Å². The third-order valence-electron chi connectivity index (χ3n) is 5.57. The van der Waals surface area contributed by atoms with Gasteiger partial charge in [0.1, 0.15) is 5.82 Å². The molecule has 0 aromatic carbocycles. The SMILES string of the molecule is CS(=O)(=O)N1CC[C@H](c2nnc3ccc(C(=O)NCC4CCOCC4)cn23)C1. The standard InChI is InChI=1S/C18H25N5O4S/c1-28(25,26)22-7-4-14(11-22)17-21-20-16-3-2-15(12-23(16)17)18(24)19-10-13-5-8-27-9-6-13/h2-3,12-14H,4-11H2,1H3,(H,19,24)/t14-/m0/s1. The molecule has 2 aromatic heterocycles. The average molecular weight is 407 g/mol. The van der Waals surface area contributed by atoms with Gasteiger partial charge in [0.2, 0.25) is 10.0 Å². The summed E-state index contributed by atoms with van der Waals surface area (Å²) in [7, 11) is -3.22. The summed E-state index contributed by atoms with van der Waals surface area (Å²) in [6.45, 7) is 3.01. The highest BCUT2D eigenvalue weighted by Gasteiger charge is 2.32. The summed E-state index contributed by atoms with van der Waals surface area (Å²) in [5, 5.41) is 11.4. The van der Waals surface area contributed by atoms with Gasteiger partial charge in [-0.25, -0.2) is 12.7 Å². The van der Waals surface area contributed by atoms with E-state index in [1.54, 1.807) is 22.7 Å². The summed E-state index contributed by atoms with van der Waals surface area (Å²) >= 11 is 0. The van der Waals surface area contributed by atoms with Crippen LogP contribution < -0.4 is 5.32 Å². The number of hydrogen-bond donors (Lipinski definition) is 1. The second-order valence-electron chi connectivity index (χ2n) is 7.58. The van der Waals surface area contributed by atoms with Crippen LogP contribution in [0.4, 0.5) is 0 Å². The van der Waals surface area contributed by atoms with Crippen LogP contribution in [-0.4, -0.2) is 72.3 Å². The van der Waals surface area contributed by atoms with Crippen LogP contribution in [0.15, 0.2) is 18.3 Å². The van der Waals surface area contributed by atoms with Gasteiger partial charge in [-0.1, -0.05) is 0 Å². The summed E-state index contributed by atoms with van der Waals surface area (Å²) in [5.41, 5.74) is 1.19. The van der Waals surface area contributed by atoms with Crippen molar-refractivity contribution in [1.82, 2.24) is 24.2 Å². The minimum Gasteiger partial charge on any atom is -0.381 e. The fourth-order valence-electron chi connectivity index (χ4n) is 3.85. The molecule has 2 aliphatic rings. The van der Waals surface area contributed by atoms with Crippen LogP contribution in [0.25, 0.3) is 5.65 Å². The molecule has 2 aromatic rings. The van der Waals surface area contributed by atoms with Crippen molar-refractivity contribution in [3.05, 3.63) is 29.7 Å². The maximum atomic E-state index is 12.6. The Morgan fingerprint density at radius 3 is 2.75 bits per heavy atom. The number of carbonyl (C=O) groups is 1. The number of fused-ring (bicyclic) bond motifs is 1. The molecule has 0 spiro atoms. The van der Waals surface area contributed by atoms with Gasteiger partial charge in [-0.3, -0.25) is 9.20 Å². The van der Waals surface area contributed by atoms with Gasteiger partial charge in [-0.2, -0.15) is 0 Å². The molecule has 1 N–H and O–H groups in total. The van der Waals surface area contributed by atoms with Crippen molar-refractivity contribution >= 4 is 21.6 Å². The first-order valence-electron chi connectivity index (χ1n) is 9.57. The Labute approximate surface area is 164 Å². The molecule has 0 aliphatic carbocycles. The third kappa shape index (κ3) is 4.03. The van der Waals surface area contributed by atoms with Gasteiger partial charge in [0.25, 0.3) is 5.91 Å². The molecule has 1 amide bonds. The summed E-state index contributed by atoms with van der Waals surface area (Å²) in [5.74, 6) is 0.982. The van der Waals surface area contributed by atoms with Crippen molar-refractivity contribution in [3.63, 3.8) is 0 Å². The van der Waals surface area contributed by atoms with Gasteiger partial charge in [0, 0.05) is 45.0 Å². The number of aromatic nitrogens is 3. The Morgan fingerprint density at radius 1 is 1.25 bits per heavy atom. The van der Waals surface area contributed by atoms with Crippen molar-refractivity contribution in [2.45, 2.75) is 25.2 Å². The van der Waals surface area contributed by atoms with E-state index < -0.39 is 10.0 Å². The zero-order valence-electron chi connectivity index (χ0n) is 15.9. The van der Waals surface area contributed by atoms with E-state index in [0.29, 0.717) is 49.0 Å². The van der Waals surface area contributed by atoms with Crippen LogP contribution in [0.3, 0.4) is 0 Å². The number of nitrogens with one attached hydrogen (secondary N) is 1. The van der Waals surface area contributed by atoms with Crippen LogP contribution in [-0.2, 0) is 14.8 Å². The fourth-order valence-corrected chi connectivity index (χ4v) is 4.74. The van der Waals surface area contributed by atoms with Crippen LogP contribution >= 0.6 is 0 Å². The largest absolute Gasteiger partial charge is 0.381 e. The van der Waals surface area contributed by atoms with Crippen molar-refractivity contribution < 1.29 is 17.9 Å². The number of rotatable bonds is 5. The molecule has 2 aliphatic heterocycles. The molecule has 1 atom stereocenters. The average Bonchev–Trinajstić information content (AvgIpc) is 3.33. The lowest BCUT2D eigenvalue weighted by Crippen LogP contribution is -2.32. The monoisotopic (exact) mass is 407 g/mol. The molecular formula is C18H25N5O4S. The van der Waals surface area contributed by atoms with Crippen molar-refractivity contribution in [1.29, 1.82) is 0 Å². The number of sulfonamides is 1. The molecule has 0 radical (unpaired) electrons. The molecule has 0 unspecified atom stereocenters. The van der Waals surface area contributed by atoms with E-state index in [9.17, 15) is 13.2 Å². The van der Waals surface area contributed by atoms with E-state index in [1.807, 2.05) is 0 Å². The lowest BCUT2D eigenvalue weighted by Gasteiger charge is -2.22. The Morgan fingerprint density at radius 2 is 2.04 bits per heavy atom. The van der Waals surface area contributed by atoms with Crippen molar-refractivity contribution in [2.24, 2.45) is 5.92 Å². The van der Waals surface area contributed by atoms with E-state index in [-0.39, 0.29) is 11.8 Å². The van der Waals surface area contributed by atoms with E-state index in [2.05, 4.69) is 15.5 Å². The molecule has 4 heterocycles. The first kappa shape index (κ1) is 19.3. The van der Waals surface area contributed by atoms with Crippen LogP contribution in [0.1, 0.15) is 41.4 Å². The van der Waals surface area contributed by atoms with Crippen LogP contribution in [0, 0.1) is 5.92 Å². The molecule has 10 heteroatoms. The van der Waals surface area contributed by atoms with Gasteiger partial charge in [0.05, 0.1) is 11.8 Å². The Balaban J connectivity index is 1.49. The smallest absolute Gasteiger partial charge is 0.252 e. The lowest BCUT2D eigenvalue weighted by molar-refractivity contribution is 0.0642. The Kier molecular flexibility index (Phi) is 5.35. The van der Waals surface area contributed by atoms with Gasteiger partial charge >= 0.3 is 0 Å². The molecular weight excluding hydrogens is 382 g/mol. The highest BCUT2D eigenvalue weighted by Crippen LogP contribution is 2.28. The van der Waals surface area contributed by atoms with Gasteiger partial charge < -0.3 is 10.1 Å². The normalized spacial score (nSPS) is 22.0. The number of ether oxygens (including phenoxy) is 1. The lowest BCUT2D eigenvalue weighted by atomic mass is 10.0. The highest BCUT2D eigenvalue weighted by atomic mass is 32.2. The number of amides is 1. The summed E-state index contributed by atoms with van der Waals surface area (Å²) in [6, 6.07) is 3.51. The number of carbonyl (C=O) groups excluding carboxylic acids is 1. The number of hydrogen-bond acceptors (Lipinski definition) is 6. The predicted octanol–water partition coefficient (Wildman–Crippen LogP) is 0.635. The summed E-state index contributed by atoms with van der Waals surface area (Å²) < 4.78 is 32.2. The van der Waals surface area contributed by atoms with Crippen molar-refractivity contribution in [2.75, 3.05) is 39.1 Å². The predicted molar refractivity (Wildman–Crippen MR) is 103 cm³/mol. The summed E-state index contributed by atoms with van der Waals surface area (Å²) in [4.78, 5) is 12.6. The van der Waals surface area contributed by atoms with E-state index in [1.165, 1.54) is 10.6 Å². The second-order valence-corrected chi connectivity index (χ2v) is 9.56. The van der Waals surface area contributed by atoms with Crippen LogP contribution in [0.5, 0.6) is 0 Å². The number of pyridine rings is 1. The third-order valence-corrected chi connectivity index (χ3v) is 6.84. The minimum atomic E-state index is -3.22. The molecule has 152 valence electrons. The molecule has 9 nitrogen and oxygen atoms in total. The molecule has 2 fully saturated rings. The topological polar surface area (TPSA) is 106 Å². The first-order chi connectivity index (χ1) is 13.4. The Hall–Kier alpha value is -2.04. The Bertz CT molecular complexity index is 968. The van der Waals surface area contributed by atoms with Crippen molar-refractivity contribution in [3.8, 4) is 0 Å². The van der Waals surface area contributed by atoms with Gasteiger partial charge in [-0.15, -0.1) is 10.2 Å². The zero-order chi connectivity index (χ0) is 19.7. The summed E-state index contributed by atoms with van der Waals surface area (Å²) in [6.07, 6.45) is 5.58. The van der Waals surface area contributed by atoms with E-state index in [0.717, 1.165) is 26.1 Å². The fraction of sp³-hybridized carbons (Fsp3) is 0.611. The maximum Gasteiger partial charge on any atom is 0.252 e. The van der Waals surface area contributed by atoms with Gasteiger partial charge in [0.15, 0.2) is 5.65 Å². The molecule has 4 rings (SSSR count).